The Balaban J connectivity index is 0.00000162. The van der Waals surface area contributed by atoms with E-state index >= 15 is 0 Å². The van der Waals surface area contributed by atoms with Crippen LogP contribution in [0.15, 0.2) is 0 Å². The monoisotopic (exact) mass is 274 g/mol. The molecule has 2 aliphatic heterocycles. The molecule has 0 aromatic rings. The van der Waals surface area contributed by atoms with Crippen LogP contribution in [-0.2, 0) is 4.79 Å². The number of likely N-dealkylation sites (tertiary alicyclic amines) is 1. The molecule has 2 aliphatic rings. The van der Waals surface area contributed by atoms with Gasteiger partial charge in [-0.25, -0.2) is 0 Å². The maximum Gasteiger partial charge on any atom is 0.229 e. The van der Waals surface area contributed by atoms with Crippen LogP contribution in [0, 0.1) is 17.3 Å². The van der Waals surface area contributed by atoms with Crippen LogP contribution in [-0.4, -0.2) is 37.0 Å². The molecule has 0 aromatic carbocycles. The van der Waals surface area contributed by atoms with E-state index in [1.807, 2.05) is 0 Å². The van der Waals surface area contributed by atoms with E-state index in [9.17, 15) is 4.79 Å². The molecule has 2 heterocycles. The molecule has 0 spiro atoms. The van der Waals surface area contributed by atoms with Crippen LogP contribution in [0.2, 0.25) is 0 Å². The normalized spacial score (nSPS) is 29.4. The first kappa shape index (κ1) is 15.8. The zero-order valence-corrected chi connectivity index (χ0v) is 12.7. The van der Waals surface area contributed by atoms with Crippen molar-refractivity contribution in [1.82, 2.24) is 10.2 Å². The molecule has 1 unspecified atom stereocenters. The Labute approximate surface area is 117 Å². The molecule has 0 bridgehead atoms. The number of carbonyl (C=O) groups excluding carboxylic acids is 1. The van der Waals surface area contributed by atoms with Crippen molar-refractivity contribution in [2.45, 2.75) is 40.0 Å². The van der Waals surface area contributed by atoms with Gasteiger partial charge in [0.05, 0.1) is 5.41 Å². The lowest BCUT2D eigenvalue weighted by molar-refractivity contribution is -0.141. The third-order valence-electron chi connectivity index (χ3n) is 4.65. The molecule has 2 saturated heterocycles. The molecule has 1 N–H and O–H groups in total. The third-order valence-corrected chi connectivity index (χ3v) is 4.65. The average molecular weight is 275 g/mol. The lowest BCUT2D eigenvalue weighted by atomic mass is 9.84. The second-order valence-corrected chi connectivity index (χ2v) is 6.36. The van der Waals surface area contributed by atoms with Crippen LogP contribution < -0.4 is 5.32 Å². The van der Waals surface area contributed by atoms with Gasteiger partial charge in [0.2, 0.25) is 5.91 Å². The van der Waals surface area contributed by atoms with Crippen LogP contribution in [0.3, 0.4) is 0 Å². The second kappa shape index (κ2) is 6.25. The molecule has 4 heteroatoms. The highest BCUT2D eigenvalue weighted by Crippen LogP contribution is 2.31. The topological polar surface area (TPSA) is 32.3 Å². The summed E-state index contributed by atoms with van der Waals surface area (Å²) in [6, 6.07) is 0. The van der Waals surface area contributed by atoms with Crippen molar-refractivity contribution in [3.8, 4) is 0 Å². The lowest BCUT2D eigenvalue weighted by Gasteiger charge is -2.37. The van der Waals surface area contributed by atoms with Gasteiger partial charge in [0.1, 0.15) is 0 Å². The minimum atomic E-state index is -0.134. The largest absolute Gasteiger partial charge is 0.342 e. The number of amides is 1. The Morgan fingerprint density at radius 3 is 2.39 bits per heavy atom. The minimum Gasteiger partial charge on any atom is -0.342 e. The summed E-state index contributed by atoms with van der Waals surface area (Å²) < 4.78 is 0. The van der Waals surface area contributed by atoms with Gasteiger partial charge in [-0.15, -0.1) is 12.4 Å². The van der Waals surface area contributed by atoms with E-state index in [2.05, 4.69) is 31.0 Å². The Morgan fingerprint density at radius 2 is 1.94 bits per heavy atom. The summed E-state index contributed by atoms with van der Waals surface area (Å²) >= 11 is 0. The first-order chi connectivity index (χ1) is 8.03. The molecule has 0 saturated carbocycles. The van der Waals surface area contributed by atoms with Gasteiger partial charge in [-0.05, 0) is 44.6 Å². The molecule has 106 valence electrons. The molecule has 0 aliphatic carbocycles. The van der Waals surface area contributed by atoms with Crippen LogP contribution in [0.25, 0.3) is 0 Å². The second-order valence-electron chi connectivity index (χ2n) is 6.36. The Kier molecular flexibility index (Phi) is 5.47. The fourth-order valence-corrected chi connectivity index (χ4v) is 3.15. The zero-order valence-electron chi connectivity index (χ0n) is 11.9. The molecule has 2 fully saturated rings. The fourth-order valence-electron chi connectivity index (χ4n) is 3.15. The fraction of sp³-hybridized carbons (Fsp3) is 0.929. The van der Waals surface area contributed by atoms with Crippen molar-refractivity contribution < 1.29 is 4.79 Å². The number of piperidine rings is 1. The van der Waals surface area contributed by atoms with E-state index < -0.39 is 0 Å². The number of rotatable bonds is 2. The van der Waals surface area contributed by atoms with Gasteiger partial charge in [0.15, 0.2) is 0 Å². The molecular formula is C14H27ClN2O. The van der Waals surface area contributed by atoms with Gasteiger partial charge in [-0.2, -0.15) is 0 Å². The predicted octanol–water partition coefficient (Wildman–Crippen LogP) is 2.30. The van der Waals surface area contributed by atoms with E-state index in [-0.39, 0.29) is 17.8 Å². The van der Waals surface area contributed by atoms with E-state index in [0.29, 0.717) is 5.91 Å². The number of hydrogen-bond donors (Lipinski definition) is 1. The Bertz CT molecular complexity index is 280. The number of nitrogens with one attached hydrogen (secondary N) is 1. The highest BCUT2D eigenvalue weighted by atomic mass is 35.5. The first-order valence-electron chi connectivity index (χ1n) is 7.03. The molecule has 2 rings (SSSR count). The summed E-state index contributed by atoms with van der Waals surface area (Å²) in [6.07, 6.45) is 3.37. The number of hydrogen-bond acceptors (Lipinski definition) is 2. The van der Waals surface area contributed by atoms with E-state index in [1.54, 1.807) is 0 Å². The molecule has 1 amide bonds. The third kappa shape index (κ3) is 3.18. The lowest BCUT2D eigenvalue weighted by Crippen LogP contribution is -2.47. The van der Waals surface area contributed by atoms with Gasteiger partial charge in [0.25, 0.3) is 0 Å². The first-order valence-corrected chi connectivity index (χ1v) is 7.03. The highest BCUT2D eigenvalue weighted by molar-refractivity contribution is 5.85. The van der Waals surface area contributed by atoms with Crippen LogP contribution in [0.5, 0.6) is 0 Å². The Hall–Kier alpha value is -0.280. The van der Waals surface area contributed by atoms with E-state index in [4.69, 9.17) is 0 Å². The number of carbonyl (C=O) groups is 1. The maximum absolute atomic E-state index is 12.5. The van der Waals surface area contributed by atoms with Crippen LogP contribution in [0.4, 0.5) is 0 Å². The smallest absolute Gasteiger partial charge is 0.229 e. The van der Waals surface area contributed by atoms with Gasteiger partial charge < -0.3 is 10.2 Å². The van der Waals surface area contributed by atoms with E-state index in [0.717, 1.165) is 44.4 Å². The number of nitrogens with zero attached hydrogens (tertiary/aromatic N) is 1. The summed E-state index contributed by atoms with van der Waals surface area (Å²) in [7, 11) is 0. The summed E-state index contributed by atoms with van der Waals surface area (Å²) in [5, 5.41) is 3.31. The quantitative estimate of drug-likeness (QED) is 0.838. The van der Waals surface area contributed by atoms with Crippen molar-refractivity contribution in [3.63, 3.8) is 0 Å². The summed E-state index contributed by atoms with van der Waals surface area (Å²) in [5.74, 6) is 1.95. The Morgan fingerprint density at radius 1 is 1.33 bits per heavy atom. The maximum atomic E-state index is 12.5. The predicted molar refractivity (Wildman–Crippen MR) is 77.0 cm³/mol. The van der Waals surface area contributed by atoms with Crippen molar-refractivity contribution in [2.75, 3.05) is 26.2 Å². The summed E-state index contributed by atoms with van der Waals surface area (Å²) in [5.41, 5.74) is -0.134. The van der Waals surface area contributed by atoms with Crippen LogP contribution >= 0.6 is 12.4 Å². The summed E-state index contributed by atoms with van der Waals surface area (Å²) in [4.78, 5) is 14.6. The minimum absolute atomic E-state index is 0. The van der Waals surface area contributed by atoms with Crippen molar-refractivity contribution >= 4 is 18.3 Å². The molecule has 0 radical (unpaired) electrons. The van der Waals surface area contributed by atoms with Gasteiger partial charge in [-0.1, -0.05) is 13.8 Å². The molecule has 0 aromatic heterocycles. The van der Waals surface area contributed by atoms with Crippen molar-refractivity contribution in [2.24, 2.45) is 17.3 Å². The van der Waals surface area contributed by atoms with Crippen LogP contribution in [0.1, 0.15) is 40.0 Å². The summed E-state index contributed by atoms with van der Waals surface area (Å²) in [6.45, 7) is 10.5. The number of halogens is 1. The van der Waals surface area contributed by atoms with E-state index in [1.165, 1.54) is 12.8 Å². The van der Waals surface area contributed by atoms with Crippen molar-refractivity contribution in [3.05, 3.63) is 0 Å². The average Bonchev–Trinajstić information content (AvgIpc) is 2.76. The highest BCUT2D eigenvalue weighted by Gasteiger charge is 2.40. The van der Waals surface area contributed by atoms with Gasteiger partial charge in [0, 0.05) is 19.6 Å². The van der Waals surface area contributed by atoms with Crippen molar-refractivity contribution in [1.29, 1.82) is 0 Å². The zero-order chi connectivity index (χ0) is 12.5. The molecule has 1 atom stereocenters. The van der Waals surface area contributed by atoms with Gasteiger partial charge in [-0.3, -0.25) is 4.79 Å². The SMILES string of the molecule is CC(C)C1CCN(C(=O)C2(C)CCNC2)CC1.Cl. The standard InChI is InChI=1S/C14H26N2O.ClH/c1-11(2)12-4-8-16(9-5-12)13(17)14(3)6-7-15-10-14;/h11-12,15H,4-10H2,1-3H3;1H. The molecule has 18 heavy (non-hydrogen) atoms. The molecule has 3 nitrogen and oxygen atoms in total. The van der Waals surface area contributed by atoms with Gasteiger partial charge >= 0.3 is 0 Å². The molecular weight excluding hydrogens is 248 g/mol.